The fourth-order valence-corrected chi connectivity index (χ4v) is 4.53. The number of imide groups is 1. The molecule has 1 aromatic carbocycles. The van der Waals surface area contributed by atoms with E-state index in [1.165, 1.54) is 4.90 Å². The molecule has 3 unspecified atom stereocenters. The van der Waals surface area contributed by atoms with Crippen LogP contribution in [0.2, 0.25) is 0 Å². The second kappa shape index (κ2) is 7.92. The number of carbonyl (C=O) groups is 2. The molecule has 3 atom stereocenters. The van der Waals surface area contributed by atoms with E-state index in [9.17, 15) is 9.59 Å². The van der Waals surface area contributed by atoms with Gasteiger partial charge < -0.3 is 14.4 Å². The highest BCUT2D eigenvalue weighted by Crippen LogP contribution is 2.34. The molecule has 3 aliphatic heterocycles. The molecule has 0 aliphatic carbocycles. The van der Waals surface area contributed by atoms with Crippen LogP contribution in [0.5, 0.6) is 0 Å². The predicted molar refractivity (Wildman–Crippen MR) is 110 cm³/mol. The lowest BCUT2D eigenvalue weighted by molar-refractivity contribution is -0.140. The molecule has 3 heterocycles. The number of rotatable bonds is 4. The van der Waals surface area contributed by atoms with Gasteiger partial charge in [0.15, 0.2) is 0 Å². The summed E-state index contributed by atoms with van der Waals surface area (Å²) in [6, 6.07) is 5.98. The molecule has 2 fully saturated rings. The van der Waals surface area contributed by atoms with Crippen LogP contribution in [0.15, 0.2) is 23.9 Å². The Bertz CT molecular complexity index is 846. The van der Waals surface area contributed by atoms with E-state index in [2.05, 4.69) is 0 Å². The Balaban J connectivity index is 1.74. The summed E-state index contributed by atoms with van der Waals surface area (Å²) in [5, 5.41) is 0. The van der Waals surface area contributed by atoms with Crippen LogP contribution in [-0.4, -0.2) is 66.2 Å². The number of hydrogen-bond donors (Lipinski definition) is 0. The van der Waals surface area contributed by atoms with Crippen molar-refractivity contribution >= 4 is 17.4 Å². The van der Waals surface area contributed by atoms with Crippen molar-refractivity contribution in [2.75, 3.05) is 26.2 Å². The van der Waals surface area contributed by atoms with Crippen LogP contribution in [0.1, 0.15) is 43.4 Å². The highest BCUT2D eigenvalue weighted by Gasteiger charge is 2.44. The molecule has 0 bridgehead atoms. The maximum absolute atomic E-state index is 13.5. The maximum atomic E-state index is 13.5. The lowest BCUT2D eigenvalue weighted by Gasteiger charge is -2.37. The van der Waals surface area contributed by atoms with Gasteiger partial charge in [-0.2, -0.15) is 0 Å². The molecule has 3 aliphatic rings. The van der Waals surface area contributed by atoms with Crippen molar-refractivity contribution in [1.82, 2.24) is 9.80 Å². The number of benzene rings is 1. The first-order chi connectivity index (χ1) is 13.8. The van der Waals surface area contributed by atoms with E-state index in [0.29, 0.717) is 37.5 Å². The number of nitrogens with zero attached hydrogens (tertiary/aromatic N) is 2. The Hall–Kier alpha value is -2.18. The lowest BCUT2D eigenvalue weighted by Crippen LogP contribution is -2.47. The summed E-state index contributed by atoms with van der Waals surface area (Å²) in [5.74, 6) is -0.421. The monoisotopic (exact) mass is 398 g/mol. The Kier molecular flexibility index (Phi) is 5.49. The van der Waals surface area contributed by atoms with Crippen molar-refractivity contribution in [2.24, 2.45) is 0 Å². The second-order valence-electron chi connectivity index (χ2n) is 8.54. The number of morpholine rings is 1. The first-order valence-corrected chi connectivity index (χ1v) is 10.5. The minimum absolute atomic E-state index is 0.00220. The summed E-state index contributed by atoms with van der Waals surface area (Å²) in [5.41, 5.74) is 4.10. The molecule has 6 nitrogen and oxygen atoms in total. The van der Waals surface area contributed by atoms with E-state index in [-0.39, 0.29) is 30.1 Å². The van der Waals surface area contributed by atoms with Crippen LogP contribution >= 0.6 is 0 Å². The summed E-state index contributed by atoms with van der Waals surface area (Å²) in [6.45, 7) is 10.3. The summed E-state index contributed by atoms with van der Waals surface area (Å²) in [4.78, 5) is 30.3. The fourth-order valence-electron chi connectivity index (χ4n) is 4.53. The molecule has 0 N–H and O–H groups in total. The number of carbonyl (C=O) groups excluding carboxylic acids is 2. The smallest absolute Gasteiger partial charge is 0.277 e. The third-order valence-electron chi connectivity index (χ3n) is 6.09. The van der Waals surface area contributed by atoms with Gasteiger partial charge in [0.1, 0.15) is 5.70 Å². The molecule has 4 rings (SSSR count). The zero-order valence-corrected chi connectivity index (χ0v) is 17.7. The van der Waals surface area contributed by atoms with E-state index in [4.69, 9.17) is 9.47 Å². The van der Waals surface area contributed by atoms with Crippen LogP contribution in [0, 0.1) is 13.8 Å². The average molecular weight is 399 g/mol. The number of ether oxygens (including phenoxy) is 2. The van der Waals surface area contributed by atoms with Gasteiger partial charge in [0.25, 0.3) is 11.8 Å². The van der Waals surface area contributed by atoms with Crippen molar-refractivity contribution in [3.05, 3.63) is 40.6 Å². The van der Waals surface area contributed by atoms with Gasteiger partial charge in [0.05, 0.1) is 30.4 Å². The second-order valence-corrected chi connectivity index (χ2v) is 8.54. The quantitative estimate of drug-likeness (QED) is 0.730. The number of amides is 2. The van der Waals surface area contributed by atoms with Gasteiger partial charge in [0.2, 0.25) is 0 Å². The Morgan fingerprint density at radius 1 is 1.03 bits per heavy atom. The molecular formula is C23H30N2O4. The highest BCUT2D eigenvalue weighted by atomic mass is 16.5. The topological polar surface area (TPSA) is 59.1 Å². The van der Waals surface area contributed by atoms with Gasteiger partial charge in [0, 0.05) is 19.7 Å². The van der Waals surface area contributed by atoms with Gasteiger partial charge >= 0.3 is 0 Å². The van der Waals surface area contributed by atoms with Crippen LogP contribution in [0.3, 0.4) is 0 Å². The summed E-state index contributed by atoms with van der Waals surface area (Å²) < 4.78 is 11.6. The van der Waals surface area contributed by atoms with Crippen molar-refractivity contribution in [3.8, 4) is 0 Å². The fraction of sp³-hybridized carbons (Fsp3) is 0.565. The molecule has 2 amide bonds. The van der Waals surface area contributed by atoms with Gasteiger partial charge in [-0.05, 0) is 57.2 Å². The van der Waals surface area contributed by atoms with Crippen LogP contribution in [0.25, 0.3) is 5.57 Å². The van der Waals surface area contributed by atoms with E-state index >= 15 is 0 Å². The third kappa shape index (κ3) is 3.83. The SMILES string of the molecule is Cc1ccc(C2=C(N3CC(C)OC(C)C3)C(=O)N(CC3CCCO3)C2=O)cc1C. The van der Waals surface area contributed by atoms with E-state index in [1.807, 2.05) is 50.8 Å². The minimum Gasteiger partial charge on any atom is -0.376 e. The largest absolute Gasteiger partial charge is 0.376 e. The van der Waals surface area contributed by atoms with Crippen molar-refractivity contribution in [2.45, 2.75) is 58.8 Å². The van der Waals surface area contributed by atoms with E-state index < -0.39 is 0 Å². The van der Waals surface area contributed by atoms with Gasteiger partial charge in [-0.25, -0.2) is 0 Å². The Labute approximate surface area is 172 Å². The zero-order chi connectivity index (χ0) is 20.7. The zero-order valence-electron chi connectivity index (χ0n) is 17.7. The summed E-state index contributed by atoms with van der Waals surface area (Å²) in [6.07, 6.45) is 1.80. The minimum atomic E-state index is -0.212. The molecule has 6 heteroatoms. The van der Waals surface area contributed by atoms with Crippen LogP contribution in [0.4, 0.5) is 0 Å². The predicted octanol–water partition coefficient (Wildman–Crippen LogP) is 2.67. The standard InChI is InChI=1S/C23H30N2O4/c1-14-7-8-18(10-15(14)2)20-21(24-11-16(3)29-17(4)12-24)23(27)25(22(20)26)13-19-6-5-9-28-19/h7-8,10,16-17,19H,5-6,9,11-13H2,1-4H3. The van der Waals surface area contributed by atoms with Crippen molar-refractivity contribution in [1.29, 1.82) is 0 Å². The first kappa shape index (κ1) is 20.1. The number of aryl methyl sites for hydroxylation is 2. The summed E-state index contributed by atoms with van der Waals surface area (Å²) in [7, 11) is 0. The molecular weight excluding hydrogens is 368 g/mol. The molecule has 29 heavy (non-hydrogen) atoms. The van der Waals surface area contributed by atoms with E-state index in [1.54, 1.807) is 0 Å². The lowest BCUT2D eigenvalue weighted by atomic mass is 9.99. The van der Waals surface area contributed by atoms with Crippen LogP contribution < -0.4 is 0 Å². The molecule has 0 aromatic heterocycles. The molecule has 0 radical (unpaired) electrons. The molecule has 1 aromatic rings. The van der Waals surface area contributed by atoms with E-state index in [0.717, 1.165) is 29.5 Å². The van der Waals surface area contributed by atoms with Gasteiger partial charge in [-0.3, -0.25) is 14.5 Å². The normalized spacial score (nSPS) is 28.1. The molecule has 0 spiro atoms. The van der Waals surface area contributed by atoms with Crippen LogP contribution in [-0.2, 0) is 19.1 Å². The maximum Gasteiger partial charge on any atom is 0.277 e. The average Bonchev–Trinajstić information content (AvgIpc) is 3.25. The highest BCUT2D eigenvalue weighted by molar-refractivity contribution is 6.35. The molecule has 0 saturated carbocycles. The number of hydrogen-bond acceptors (Lipinski definition) is 5. The van der Waals surface area contributed by atoms with Crippen molar-refractivity contribution < 1.29 is 19.1 Å². The molecule has 156 valence electrons. The first-order valence-electron chi connectivity index (χ1n) is 10.5. The third-order valence-corrected chi connectivity index (χ3v) is 6.09. The Morgan fingerprint density at radius 3 is 2.38 bits per heavy atom. The van der Waals surface area contributed by atoms with Gasteiger partial charge in [-0.1, -0.05) is 18.2 Å². The Morgan fingerprint density at radius 2 is 1.76 bits per heavy atom. The molecule has 2 saturated heterocycles. The van der Waals surface area contributed by atoms with Gasteiger partial charge in [-0.15, -0.1) is 0 Å². The van der Waals surface area contributed by atoms with Crippen molar-refractivity contribution in [3.63, 3.8) is 0 Å². The summed E-state index contributed by atoms with van der Waals surface area (Å²) >= 11 is 0.